The van der Waals surface area contributed by atoms with Gasteiger partial charge in [0.25, 0.3) is 0 Å². The first-order valence-corrected chi connectivity index (χ1v) is 6.97. The fourth-order valence-electron chi connectivity index (χ4n) is 3.33. The SMILES string of the molecule is Cn1ccnc1C1(O)CCCCC1c1ccccc1. The summed E-state index contributed by atoms with van der Waals surface area (Å²) in [6, 6.07) is 10.3. The highest BCUT2D eigenvalue weighted by atomic mass is 16.3. The second kappa shape index (κ2) is 4.82. The van der Waals surface area contributed by atoms with Crippen molar-refractivity contribution in [2.75, 3.05) is 0 Å². The lowest BCUT2D eigenvalue weighted by Gasteiger charge is -2.39. The highest BCUT2D eigenvalue weighted by molar-refractivity contribution is 5.26. The molecular formula is C16H20N2O. The van der Waals surface area contributed by atoms with Crippen LogP contribution in [0.3, 0.4) is 0 Å². The van der Waals surface area contributed by atoms with Crippen molar-refractivity contribution in [1.29, 1.82) is 0 Å². The highest BCUT2D eigenvalue weighted by Gasteiger charge is 2.43. The summed E-state index contributed by atoms with van der Waals surface area (Å²) >= 11 is 0. The molecule has 0 bridgehead atoms. The fourth-order valence-corrected chi connectivity index (χ4v) is 3.33. The molecule has 2 atom stereocenters. The Labute approximate surface area is 113 Å². The lowest BCUT2D eigenvalue weighted by molar-refractivity contribution is -0.0324. The molecular weight excluding hydrogens is 236 g/mol. The topological polar surface area (TPSA) is 38.0 Å². The number of hydrogen-bond acceptors (Lipinski definition) is 2. The van der Waals surface area contributed by atoms with Crippen LogP contribution in [-0.4, -0.2) is 14.7 Å². The third-order valence-corrected chi connectivity index (χ3v) is 4.29. The first kappa shape index (κ1) is 12.4. The number of aliphatic hydroxyl groups is 1. The van der Waals surface area contributed by atoms with Gasteiger partial charge in [-0.15, -0.1) is 0 Å². The van der Waals surface area contributed by atoms with Crippen LogP contribution in [0.15, 0.2) is 42.7 Å². The number of hydrogen-bond donors (Lipinski definition) is 1. The Bertz CT molecular complexity index is 549. The summed E-state index contributed by atoms with van der Waals surface area (Å²) in [4.78, 5) is 4.40. The Morgan fingerprint density at radius 3 is 2.74 bits per heavy atom. The van der Waals surface area contributed by atoms with Crippen LogP contribution >= 0.6 is 0 Å². The van der Waals surface area contributed by atoms with Crippen molar-refractivity contribution in [2.45, 2.75) is 37.2 Å². The van der Waals surface area contributed by atoms with E-state index in [4.69, 9.17) is 0 Å². The molecule has 0 saturated heterocycles. The summed E-state index contributed by atoms with van der Waals surface area (Å²) in [5, 5.41) is 11.2. The zero-order chi connectivity index (χ0) is 13.3. The van der Waals surface area contributed by atoms with E-state index in [9.17, 15) is 5.11 Å². The summed E-state index contributed by atoms with van der Waals surface area (Å²) in [6.45, 7) is 0. The molecule has 1 heterocycles. The standard InChI is InChI=1S/C16H20N2O/c1-18-12-11-17-15(18)16(19)10-6-5-9-14(16)13-7-3-2-4-8-13/h2-4,7-8,11-12,14,19H,5-6,9-10H2,1H3. The van der Waals surface area contributed by atoms with Crippen molar-refractivity contribution < 1.29 is 5.11 Å². The Morgan fingerprint density at radius 1 is 1.26 bits per heavy atom. The minimum Gasteiger partial charge on any atom is -0.381 e. The number of nitrogens with zero attached hydrogens (tertiary/aromatic N) is 2. The first-order chi connectivity index (χ1) is 9.22. The maximum Gasteiger partial charge on any atom is 0.141 e. The molecule has 0 spiro atoms. The van der Waals surface area contributed by atoms with Crippen LogP contribution in [-0.2, 0) is 12.6 Å². The maximum atomic E-state index is 11.2. The summed E-state index contributed by atoms with van der Waals surface area (Å²) < 4.78 is 1.95. The van der Waals surface area contributed by atoms with Gasteiger partial charge in [-0.25, -0.2) is 4.98 Å². The van der Waals surface area contributed by atoms with Crippen LogP contribution in [0.2, 0.25) is 0 Å². The molecule has 1 aromatic carbocycles. The molecule has 3 rings (SSSR count). The molecule has 2 unspecified atom stereocenters. The van der Waals surface area contributed by atoms with Gasteiger partial charge in [0.2, 0.25) is 0 Å². The molecule has 1 aromatic heterocycles. The monoisotopic (exact) mass is 256 g/mol. The number of benzene rings is 1. The van der Waals surface area contributed by atoms with Gasteiger partial charge in [-0.3, -0.25) is 0 Å². The van der Waals surface area contributed by atoms with E-state index in [-0.39, 0.29) is 5.92 Å². The van der Waals surface area contributed by atoms with E-state index in [1.165, 1.54) is 12.0 Å². The molecule has 1 aliphatic carbocycles. The van der Waals surface area contributed by atoms with Crippen molar-refractivity contribution >= 4 is 0 Å². The second-order valence-corrected chi connectivity index (χ2v) is 5.50. The fraction of sp³-hybridized carbons (Fsp3) is 0.438. The van der Waals surface area contributed by atoms with Gasteiger partial charge in [0, 0.05) is 25.4 Å². The van der Waals surface area contributed by atoms with Crippen LogP contribution in [0.25, 0.3) is 0 Å². The predicted molar refractivity (Wildman–Crippen MR) is 74.8 cm³/mol. The van der Waals surface area contributed by atoms with Gasteiger partial charge in [-0.2, -0.15) is 0 Å². The molecule has 1 N–H and O–H groups in total. The zero-order valence-corrected chi connectivity index (χ0v) is 11.3. The van der Waals surface area contributed by atoms with E-state index in [0.29, 0.717) is 0 Å². The van der Waals surface area contributed by atoms with E-state index < -0.39 is 5.60 Å². The van der Waals surface area contributed by atoms with Crippen LogP contribution in [0, 0.1) is 0 Å². The van der Waals surface area contributed by atoms with Gasteiger partial charge < -0.3 is 9.67 Å². The van der Waals surface area contributed by atoms with E-state index in [0.717, 1.165) is 25.1 Å². The second-order valence-electron chi connectivity index (χ2n) is 5.50. The number of imidazole rings is 1. The summed E-state index contributed by atoms with van der Waals surface area (Å²) in [5.41, 5.74) is 0.380. The van der Waals surface area contributed by atoms with Crippen molar-refractivity contribution in [3.63, 3.8) is 0 Å². The summed E-state index contributed by atoms with van der Waals surface area (Å²) in [6.07, 6.45) is 7.72. The van der Waals surface area contributed by atoms with E-state index in [1.54, 1.807) is 6.20 Å². The minimum absolute atomic E-state index is 0.142. The largest absolute Gasteiger partial charge is 0.381 e. The molecule has 2 aromatic rings. The Morgan fingerprint density at radius 2 is 2.05 bits per heavy atom. The molecule has 0 radical (unpaired) electrons. The normalized spacial score (nSPS) is 27.4. The Balaban J connectivity index is 2.04. The average Bonchev–Trinajstić information content (AvgIpc) is 2.87. The molecule has 0 amide bonds. The molecule has 1 saturated carbocycles. The van der Waals surface area contributed by atoms with E-state index >= 15 is 0 Å². The Kier molecular flexibility index (Phi) is 3.15. The van der Waals surface area contributed by atoms with Crippen molar-refractivity contribution in [3.05, 3.63) is 54.1 Å². The lowest BCUT2D eigenvalue weighted by atomic mass is 9.71. The Hall–Kier alpha value is -1.61. The smallest absolute Gasteiger partial charge is 0.141 e. The van der Waals surface area contributed by atoms with Crippen molar-refractivity contribution in [1.82, 2.24) is 9.55 Å². The first-order valence-electron chi connectivity index (χ1n) is 6.97. The number of aromatic nitrogens is 2. The molecule has 1 fully saturated rings. The maximum absolute atomic E-state index is 11.2. The molecule has 3 heteroatoms. The van der Waals surface area contributed by atoms with Crippen molar-refractivity contribution in [3.8, 4) is 0 Å². The average molecular weight is 256 g/mol. The molecule has 3 nitrogen and oxygen atoms in total. The lowest BCUT2D eigenvalue weighted by Crippen LogP contribution is -2.38. The number of aryl methyl sites for hydroxylation is 1. The van der Waals surface area contributed by atoms with Gasteiger partial charge >= 0.3 is 0 Å². The van der Waals surface area contributed by atoms with Gasteiger partial charge in [0.1, 0.15) is 11.4 Å². The van der Waals surface area contributed by atoms with Crippen LogP contribution in [0.4, 0.5) is 0 Å². The number of rotatable bonds is 2. The third-order valence-electron chi connectivity index (χ3n) is 4.29. The molecule has 19 heavy (non-hydrogen) atoms. The van der Waals surface area contributed by atoms with Gasteiger partial charge in [-0.05, 0) is 18.4 Å². The summed E-state index contributed by atoms with van der Waals surface area (Å²) in [5.74, 6) is 0.935. The van der Waals surface area contributed by atoms with Gasteiger partial charge in [0.05, 0.1) is 0 Å². The van der Waals surface area contributed by atoms with E-state index in [2.05, 4.69) is 17.1 Å². The molecule has 100 valence electrons. The predicted octanol–water partition coefficient (Wildman–Crippen LogP) is 2.97. The van der Waals surface area contributed by atoms with Crippen LogP contribution in [0.1, 0.15) is 43.0 Å². The van der Waals surface area contributed by atoms with Gasteiger partial charge in [0.15, 0.2) is 0 Å². The third kappa shape index (κ3) is 2.08. The minimum atomic E-state index is -0.835. The summed E-state index contributed by atoms with van der Waals surface area (Å²) in [7, 11) is 1.96. The van der Waals surface area contributed by atoms with Crippen molar-refractivity contribution in [2.24, 2.45) is 7.05 Å². The van der Waals surface area contributed by atoms with Crippen LogP contribution in [0.5, 0.6) is 0 Å². The zero-order valence-electron chi connectivity index (χ0n) is 11.3. The molecule has 1 aliphatic rings. The van der Waals surface area contributed by atoms with Crippen LogP contribution < -0.4 is 0 Å². The quantitative estimate of drug-likeness (QED) is 0.897. The van der Waals surface area contributed by atoms with Gasteiger partial charge in [-0.1, -0.05) is 43.2 Å². The molecule has 0 aliphatic heterocycles. The highest BCUT2D eigenvalue weighted by Crippen LogP contribution is 2.46. The van der Waals surface area contributed by atoms with E-state index in [1.807, 2.05) is 36.0 Å².